The molecule has 0 aliphatic heterocycles. The highest BCUT2D eigenvalue weighted by molar-refractivity contribution is 6.31. The van der Waals surface area contributed by atoms with Crippen molar-refractivity contribution in [3.05, 3.63) is 34.9 Å². The smallest absolute Gasteiger partial charge is 0.238 e. The van der Waals surface area contributed by atoms with Gasteiger partial charge in [-0.2, -0.15) is 0 Å². The first-order valence-electron chi connectivity index (χ1n) is 4.71. The maximum Gasteiger partial charge on any atom is 0.238 e. The van der Waals surface area contributed by atoms with Crippen LogP contribution in [0.4, 0.5) is 0 Å². The predicted molar refractivity (Wildman–Crippen MR) is 64.1 cm³/mol. The molecule has 16 heavy (non-hydrogen) atoms. The summed E-state index contributed by atoms with van der Waals surface area (Å²) in [6.45, 7) is 1.49. The Balaban J connectivity index is 2.53. The third-order valence-electron chi connectivity index (χ3n) is 1.95. The van der Waals surface area contributed by atoms with Crippen LogP contribution in [0.1, 0.15) is 17.3 Å². The fourth-order valence-corrected chi connectivity index (χ4v) is 1.25. The van der Waals surface area contributed by atoms with Gasteiger partial charge in [0.05, 0.1) is 6.54 Å². The summed E-state index contributed by atoms with van der Waals surface area (Å²) in [5.41, 5.74) is 0.506. The lowest BCUT2D eigenvalue weighted by Crippen LogP contribution is -2.34. The third kappa shape index (κ3) is 3.83. The van der Waals surface area contributed by atoms with Crippen LogP contribution in [0.15, 0.2) is 24.3 Å². The number of nitrogens with one attached hydrogen (secondary N) is 1. The summed E-state index contributed by atoms with van der Waals surface area (Å²) in [4.78, 5) is 22.7. The topological polar surface area (TPSA) is 46.2 Å². The van der Waals surface area contributed by atoms with Crippen molar-refractivity contribution in [1.82, 2.24) is 5.32 Å². The summed E-state index contributed by atoms with van der Waals surface area (Å²) in [6.07, 6.45) is 0. The molecule has 0 saturated heterocycles. The number of carbonyl (C=O) groups is 2. The van der Waals surface area contributed by atoms with E-state index in [0.29, 0.717) is 10.6 Å². The molecule has 1 atom stereocenters. The molecular formula is C11H11Cl2NO2. The molecule has 0 saturated carbocycles. The number of ketones is 1. The molecule has 0 unspecified atom stereocenters. The predicted octanol–water partition coefficient (Wildman–Crippen LogP) is 2.27. The Morgan fingerprint density at radius 1 is 1.31 bits per heavy atom. The molecule has 86 valence electrons. The molecule has 0 aliphatic carbocycles. The standard InChI is InChI=1S/C11H11Cl2NO2/c1-7(12)11(16)14-6-10(15)8-2-4-9(13)5-3-8/h2-5,7H,6H2,1H3,(H,14,16)/t7-/m0/s1. The largest absolute Gasteiger partial charge is 0.347 e. The van der Waals surface area contributed by atoms with Crippen LogP contribution in [0.25, 0.3) is 0 Å². The first-order valence-corrected chi connectivity index (χ1v) is 5.52. The van der Waals surface area contributed by atoms with Gasteiger partial charge in [-0.05, 0) is 31.2 Å². The lowest BCUT2D eigenvalue weighted by molar-refractivity contribution is -0.120. The molecule has 0 aliphatic rings. The molecule has 1 N–H and O–H groups in total. The number of Topliss-reactive ketones (excluding diaryl/α,β-unsaturated/α-hetero) is 1. The van der Waals surface area contributed by atoms with Crippen LogP contribution in [0, 0.1) is 0 Å². The molecule has 3 nitrogen and oxygen atoms in total. The quantitative estimate of drug-likeness (QED) is 0.666. The summed E-state index contributed by atoms with van der Waals surface area (Å²) < 4.78 is 0. The summed E-state index contributed by atoms with van der Waals surface area (Å²) in [7, 11) is 0. The van der Waals surface area contributed by atoms with E-state index in [1.54, 1.807) is 31.2 Å². The zero-order valence-corrected chi connectivity index (χ0v) is 10.2. The lowest BCUT2D eigenvalue weighted by Gasteiger charge is -2.05. The van der Waals surface area contributed by atoms with Gasteiger partial charge in [0.2, 0.25) is 5.91 Å². The maximum atomic E-state index is 11.6. The van der Waals surface area contributed by atoms with E-state index in [9.17, 15) is 9.59 Å². The van der Waals surface area contributed by atoms with Crippen LogP contribution in [-0.4, -0.2) is 23.6 Å². The van der Waals surface area contributed by atoms with Crippen molar-refractivity contribution in [2.45, 2.75) is 12.3 Å². The number of benzene rings is 1. The maximum absolute atomic E-state index is 11.6. The number of hydrogen-bond donors (Lipinski definition) is 1. The van der Waals surface area contributed by atoms with E-state index < -0.39 is 5.38 Å². The zero-order valence-electron chi connectivity index (χ0n) is 8.67. The van der Waals surface area contributed by atoms with Crippen LogP contribution in [0.5, 0.6) is 0 Å². The van der Waals surface area contributed by atoms with E-state index in [4.69, 9.17) is 23.2 Å². The molecule has 1 rings (SSSR count). The van der Waals surface area contributed by atoms with Gasteiger partial charge in [-0.1, -0.05) is 11.6 Å². The number of rotatable bonds is 4. The fraction of sp³-hybridized carbons (Fsp3) is 0.273. The molecule has 0 aromatic heterocycles. The second-order valence-corrected chi connectivity index (χ2v) is 4.35. The Hall–Kier alpha value is -1.06. The number of halogens is 2. The van der Waals surface area contributed by atoms with E-state index in [2.05, 4.69) is 5.32 Å². The highest BCUT2D eigenvalue weighted by Crippen LogP contribution is 2.09. The SMILES string of the molecule is C[C@H](Cl)C(=O)NCC(=O)c1ccc(Cl)cc1. The number of hydrogen-bond acceptors (Lipinski definition) is 2. The van der Waals surface area contributed by atoms with Gasteiger partial charge in [0, 0.05) is 10.6 Å². The van der Waals surface area contributed by atoms with Gasteiger partial charge >= 0.3 is 0 Å². The third-order valence-corrected chi connectivity index (χ3v) is 2.40. The monoisotopic (exact) mass is 259 g/mol. The Morgan fingerprint density at radius 2 is 1.88 bits per heavy atom. The summed E-state index contributed by atoms with van der Waals surface area (Å²) in [6, 6.07) is 6.48. The molecule has 0 radical (unpaired) electrons. The fourth-order valence-electron chi connectivity index (χ4n) is 1.05. The van der Waals surface area contributed by atoms with Crippen molar-refractivity contribution in [2.75, 3.05) is 6.54 Å². The Morgan fingerprint density at radius 3 is 2.38 bits per heavy atom. The molecule has 0 heterocycles. The van der Waals surface area contributed by atoms with Crippen molar-refractivity contribution in [2.24, 2.45) is 0 Å². The van der Waals surface area contributed by atoms with Crippen LogP contribution in [0.3, 0.4) is 0 Å². The van der Waals surface area contributed by atoms with E-state index in [1.165, 1.54) is 0 Å². The van der Waals surface area contributed by atoms with E-state index in [-0.39, 0.29) is 18.2 Å². The summed E-state index contributed by atoms with van der Waals surface area (Å²) in [5, 5.41) is 2.37. The van der Waals surface area contributed by atoms with Crippen LogP contribution in [-0.2, 0) is 4.79 Å². The second-order valence-electron chi connectivity index (χ2n) is 3.26. The minimum absolute atomic E-state index is 0.0580. The molecule has 5 heteroatoms. The molecule has 1 aromatic rings. The average Bonchev–Trinajstić information content (AvgIpc) is 2.26. The lowest BCUT2D eigenvalue weighted by atomic mass is 10.1. The molecule has 1 aromatic carbocycles. The van der Waals surface area contributed by atoms with Gasteiger partial charge in [0.25, 0.3) is 0 Å². The zero-order chi connectivity index (χ0) is 12.1. The van der Waals surface area contributed by atoms with Crippen LogP contribution in [0.2, 0.25) is 5.02 Å². The first kappa shape index (κ1) is 13.0. The molecule has 1 amide bonds. The van der Waals surface area contributed by atoms with Crippen molar-refractivity contribution < 1.29 is 9.59 Å². The van der Waals surface area contributed by atoms with Gasteiger partial charge in [-0.3, -0.25) is 9.59 Å². The summed E-state index contributed by atoms with van der Waals surface area (Å²) >= 11 is 11.2. The van der Waals surface area contributed by atoms with Crippen LogP contribution < -0.4 is 5.32 Å². The van der Waals surface area contributed by atoms with E-state index >= 15 is 0 Å². The van der Waals surface area contributed by atoms with Crippen molar-refractivity contribution in [1.29, 1.82) is 0 Å². The van der Waals surface area contributed by atoms with Gasteiger partial charge < -0.3 is 5.32 Å². The van der Waals surface area contributed by atoms with Gasteiger partial charge in [0.1, 0.15) is 5.38 Å². The summed E-state index contributed by atoms with van der Waals surface area (Å²) in [5.74, 6) is -0.536. The Labute approximate surface area is 104 Å². The molecule has 0 bridgehead atoms. The molecule has 0 fully saturated rings. The first-order chi connectivity index (χ1) is 7.50. The van der Waals surface area contributed by atoms with Gasteiger partial charge in [-0.25, -0.2) is 0 Å². The minimum Gasteiger partial charge on any atom is -0.347 e. The normalized spacial score (nSPS) is 11.9. The molecule has 0 spiro atoms. The van der Waals surface area contributed by atoms with Crippen molar-refractivity contribution in [3.63, 3.8) is 0 Å². The van der Waals surface area contributed by atoms with Gasteiger partial charge in [0.15, 0.2) is 5.78 Å². The highest BCUT2D eigenvalue weighted by Gasteiger charge is 2.11. The van der Waals surface area contributed by atoms with Crippen molar-refractivity contribution in [3.8, 4) is 0 Å². The van der Waals surface area contributed by atoms with E-state index in [1.807, 2.05) is 0 Å². The Kier molecular flexibility index (Phi) is 4.77. The minimum atomic E-state index is -0.641. The second kappa shape index (κ2) is 5.87. The number of carbonyl (C=O) groups excluding carboxylic acids is 2. The average molecular weight is 260 g/mol. The molecular weight excluding hydrogens is 249 g/mol. The number of alkyl halides is 1. The van der Waals surface area contributed by atoms with E-state index in [0.717, 1.165) is 0 Å². The van der Waals surface area contributed by atoms with Crippen molar-refractivity contribution >= 4 is 34.9 Å². The Bertz CT molecular complexity index is 387. The highest BCUT2D eigenvalue weighted by atomic mass is 35.5. The van der Waals surface area contributed by atoms with Crippen LogP contribution >= 0.6 is 23.2 Å². The van der Waals surface area contributed by atoms with Gasteiger partial charge in [-0.15, -0.1) is 11.6 Å². The number of amides is 1.